The molecule has 25 nitrogen and oxygen atoms in total. The predicted molar refractivity (Wildman–Crippen MR) is 146 cm³/mol. The fourth-order valence-corrected chi connectivity index (χ4v) is 5.86. The zero-order valence-electron chi connectivity index (χ0n) is 26.2. The van der Waals surface area contributed by atoms with Crippen molar-refractivity contribution in [1.82, 2.24) is 0 Å². The fourth-order valence-electron chi connectivity index (χ4n) is 5.86. The molecule has 0 aliphatic carbocycles. The third-order valence-electron chi connectivity index (χ3n) is 8.53. The largest absolute Gasteiger partial charge is 0.479 e. The molecule has 0 aromatic rings. The van der Waals surface area contributed by atoms with E-state index in [0.717, 1.165) is 14.2 Å². The van der Waals surface area contributed by atoms with E-state index in [1.807, 2.05) is 0 Å². The molecule has 20 unspecified atom stereocenters. The van der Waals surface area contributed by atoms with Crippen LogP contribution in [0.1, 0.15) is 0 Å². The van der Waals surface area contributed by atoms with Crippen molar-refractivity contribution in [3.05, 3.63) is 0 Å². The van der Waals surface area contributed by atoms with Gasteiger partial charge < -0.3 is 104 Å². The summed E-state index contributed by atoms with van der Waals surface area (Å²) in [7, 11) is 2.02. The predicted octanol–water partition coefficient (Wildman–Crippen LogP) is -8.07. The molecule has 4 aliphatic rings. The average molecular weight is 751 g/mol. The minimum atomic E-state index is -2.40. The van der Waals surface area contributed by atoms with Gasteiger partial charge in [-0.25, -0.2) is 19.2 Å². The van der Waals surface area contributed by atoms with Gasteiger partial charge in [0.05, 0.1) is 0 Å². The van der Waals surface area contributed by atoms with Crippen molar-refractivity contribution in [2.45, 2.75) is 123 Å². The van der Waals surface area contributed by atoms with Crippen molar-refractivity contribution < 1.29 is 123 Å². The Balaban J connectivity index is 1.51. The molecule has 20 atom stereocenters. The number of carboxylic acid groups (broad SMARTS) is 4. The molecule has 4 aliphatic heterocycles. The molecule has 4 rings (SSSR count). The van der Waals surface area contributed by atoms with E-state index in [0.29, 0.717) is 0 Å². The summed E-state index contributed by atoms with van der Waals surface area (Å²) in [5.74, 6) is -7.32. The maximum atomic E-state index is 12.2. The third-order valence-corrected chi connectivity index (χ3v) is 8.53. The third kappa shape index (κ3) is 8.09. The fraction of sp³-hybridized carbons (Fsp3) is 0.846. The average Bonchev–Trinajstić information content (AvgIpc) is 3.07. The smallest absolute Gasteiger partial charge is 0.335 e. The molecule has 4 fully saturated rings. The Hall–Kier alpha value is -2.80. The molecule has 51 heavy (non-hydrogen) atoms. The molecule has 0 saturated carbocycles. The van der Waals surface area contributed by atoms with Gasteiger partial charge in [-0.05, 0) is 0 Å². The molecule has 4 heterocycles. The number of rotatable bonds is 12. The molecule has 0 aromatic carbocycles. The molecule has 292 valence electrons. The Morgan fingerprint density at radius 1 is 0.373 bits per heavy atom. The number of hydrogen-bond donors (Lipinski definition) is 12. The van der Waals surface area contributed by atoms with Crippen LogP contribution in [-0.4, -0.2) is 222 Å². The van der Waals surface area contributed by atoms with Gasteiger partial charge in [-0.3, -0.25) is 0 Å². The van der Waals surface area contributed by atoms with E-state index in [-0.39, 0.29) is 0 Å². The molecular formula is C26H38O25. The van der Waals surface area contributed by atoms with Crippen LogP contribution in [0.4, 0.5) is 0 Å². The van der Waals surface area contributed by atoms with E-state index in [9.17, 15) is 80.5 Å². The molecule has 0 spiro atoms. The van der Waals surface area contributed by atoms with Crippen molar-refractivity contribution >= 4 is 23.9 Å². The van der Waals surface area contributed by atoms with Gasteiger partial charge in [0, 0.05) is 14.2 Å². The van der Waals surface area contributed by atoms with Crippen molar-refractivity contribution in [3.8, 4) is 0 Å². The topological polar surface area (TPSA) is 394 Å². The zero-order chi connectivity index (χ0) is 38.2. The lowest BCUT2D eigenvalue weighted by Crippen LogP contribution is -2.68. The molecular weight excluding hydrogens is 712 g/mol. The van der Waals surface area contributed by atoms with Gasteiger partial charge in [0.2, 0.25) is 0 Å². The molecule has 0 amide bonds. The standard InChI is InChI=1S/C26H38O25/c1-43-11-3(27)8(32)24(49-15(11)19(35)36)46-13-5(29)10(34)26(51-17(13)21(39)40)47-14-6(30)9(33)25(50-18(14)22(41)42)45-12-4(28)7(31)23(44-2)48-16(12)20(37)38/h3-18,23-34H,1-2H3,(H,35,36)(H,37,38)(H,39,40)(H,41,42). The summed E-state index contributed by atoms with van der Waals surface area (Å²) in [5, 5.41) is 123. The van der Waals surface area contributed by atoms with Crippen LogP contribution < -0.4 is 0 Å². The summed E-state index contributed by atoms with van der Waals surface area (Å²) in [6.45, 7) is 0. The Morgan fingerprint density at radius 2 is 0.608 bits per heavy atom. The number of hydrogen-bond acceptors (Lipinski definition) is 21. The number of aliphatic hydroxyl groups excluding tert-OH is 8. The molecule has 4 saturated heterocycles. The van der Waals surface area contributed by atoms with Crippen molar-refractivity contribution in [1.29, 1.82) is 0 Å². The number of methoxy groups -OCH3 is 2. The first-order chi connectivity index (χ1) is 23.9. The van der Waals surface area contributed by atoms with Crippen molar-refractivity contribution in [3.63, 3.8) is 0 Å². The normalized spacial score (nSPS) is 47.7. The second-order valence-electron chi connectivity index (χ2n) is 11.7. The van der Waals surface area contributed by atoms with Gasteiger partial charge in [-0.1, -0.05) is 0 Å². The number of ether oxygens (including phenoxy) is 9. The number of aliphatic hydroxyl groups is 8. The highest BCUT2D eigenvalue weighted by molar-refractivity contribution is 5.75. The highest BCUT2D eigenvalue weighted by Gasteiger charge is 2.58. The lowest BCUT2D eigenvalue weighted by Gasteiger charge is -2.48. The molecule has 25 heteroatoms. The Kier molecular flexibility index (Phi) is 13.2. The first kappa shape index (κ1) is 41.0. The van der Waals surface area contributed by atoms with Crippen LogP contribution in [-0.2, 0) is 61.8 Å². The van der Waals surface area contributed by atoms with Gasteiger partial charge >= 0.3 is 23.9 Å². The van der Waals surface area contributed by atoms with Gasteiger partial charge in [0.25, 0.3) is 0 Å². The second-order valence-corrected chi connectivity index (χ2v) is 11.7. The first-order valence-electron chi connectivity index (χ1n) is 14.9. The van der Waals surface area contributed by atoms with Crippen LogP contribution in [0.3, 0.4) is 0 Å². The summed E-state index contributed by atoms with van der Waals surface area (Å²) in [4.78, 5) is 47.8. The monoisotopic (exact) mass is 750 g/mol. The molecule has 0 radical (unpaired) electrons. The zero-order valence-corrected chi connectivity index (χ0v) is 26.2. The van der Waals surface area contributed by atoms with Crippen LogP contribution in [0, 0.1) is 0 Å². The van der Waals surface area contributed by atoms with Gasteiger partial charge in [-0.2, -0.15) is 0 Å². The summed E-state index contributed by atoms with van der Waals surface area (Å²) >= 11 is 0. The number of carbonyl (C=O) groups is 4. The maximum Gasteiger partial charge on any atom is 0.335 e. The van der Waals surface area contributed by atoms with Crippen LogP contribution >= 0.6 is 0 Å². The maximum absolute atomic E-state index is 12.2. The first-order valence-corrected chi connectivity index (χ1v) is 14.9. The minimum Gasteiger partial charge on any atom is -0.479 e. The van der Waals surface area contributed by atoms with E-state index < -0.39 is 147 Å². The summed E-state index contributed by atoms with van der Waals surface area (Å²) < 4.78 is 46.0. The van der Waals surface area contributed by atoms with Crippen molar-refractivity contribution in [2.24, 2.45) is 0 Å². The van der Waals surface area contributed by atoms with Crippen LogP contribution in [0.25, 0.3) is 0 Å². The lowest BCUT2D eigenvalue weighted by atomic mass is 9.95. The van der Waals surface area contributed by atoms with Gasteiger partial charge in [0.1, 0.15) is 73.2 Å². The van der Waals surface area contributed by atoms with E-state index in [1.54, 1.807) is 0 Å². The van der Waals surface area contributed by atoms with E-state index in [4.69, 9.17) is 42.6 Å². The Morgan fingerprint density at radius 3 is 0.863 bits per heavy atom. The minimum absolute atomic E-state index is 1.000. The number of aliphatic carboxylic acids is 4. The SMILES string of the molecule is COC1OC(C(=O)O)C(OC2OC(C(=O)O)C(OC3OC(C(=O)O)C(OC4OC(C(=O)O)C(OC)C(O)C4O)C(O)C3O)C(O)C2O)C(O)C1O. The molecule has 0 aromatic heterocycles. The van der Waals surface area contributed by atoms with Crippen LogP contribution in [0.5, 0.6) is 0 Å². The molecule has 12 N–H and O–H groups in total. The van der Waals surface area contributed by atoms with E-state index >= 15 is 0 Å². The van der Waals surface area contributed by atoms with Crippen LogP contribution in [0.2, 0.25) is 0 Å². The lowest BCUT2D eigenvalue weighted by molar-refractivity contribution is -0.378. The Labute approximate surface area is 284 Å². The summed E-state index contributed by atoms with van der Waals surface area (Å²) in [6, 6.07) is 0. The van der Waals surface area contributed by atoms with E-state index in [2.05, 4.69) is 0 Å². The second kappa shape index (κ2) is 16.5. The highest BCUT2D eigenvalue weighted by Crippen LogP contribution is 2.35. The van der Waals surface area contributed by atoms with E-state index in [1.165, 1.54) is 0 Å². The number of carboxylic acids is 4. The van der Waals surface area contributed by atoms with Crippen LogP contribution in [0.15, 0.2) is 0 Å². The Bertz CT molecular complexity index is 1250. The highest BCUT2D eigenvalue weighted by atomic mass is 16.8. The quantitative estimate of drug-likeness (QED) is 0.0881. The van der Waals surface area contributed by atoms with Gasteiger partial charge in [0.15, 0.2) is 49.6 Å². The van der Waals surface area contributed by atoms with Crippen molar-refractivity contribution in [2.75, 3.05) is 14.2 Å². The summed E-state index contributed by atoms with van der Waals surface area (Å²) in [5.41, 5.74) is 0. The summed E-state index contributed by atoms with van der Waals surface area (Å²) in [6.07, 6.45) is -43.0. The molecule has 0 bridgehead atoms. The van der Waals surface area contributed by atoms with Gasteiger partial charge in [-0.15, -0.1) is 0 Å².